The van der Waals surface area contributed by atoms with Crippen LogP contribution >= 0.6 is 11.8 Å². The normalized spacial score (nSPS) is 12.5. The zero-order chi connectivity index (χ0) is 21.8. The molecule has 0 aromatic carbocycles. The Morgan fingerprint density at radius 2 is 1.46 bits per heavy atom. The van der Waals surface area contributed by atoms with Gasteiger partial charge in [0, 0.05) is 5.56 Å². The minimum absolute atomic E-state index is 0.549. The van der Waals surface area contributed by atoms with Crippen molar-refractivity contribution in [1.29, 1.82) is 0 Å². The van der Waals surface area contributed by atoms with E-state index in [1.165, 1.54) is 6.26 Å². The Kier molecular flexibility index (Phi) is 7.73. The molecule has 0 N–H and O–H groups in total. The van der Waals surface area contributed by atoms with Crippen molar-refractivity contribution in [3.8, 4) is 0 Å². The van der Waals surface area contributed by atoms with Crippen LogP contribution in [0.15, 0.2) is 0 Å². The molecule has 13 heteroatoms. The highest BCUT2D eigenvalue weighted by molar-refractivity contribution is 7.99. The monoisotopic (exact) mass is 431 g/mol. The van der Waals surface area contributed by atoms with Crippen molar-refractivity contribution in [1.82, 2.24) is 4.98 Å². The van der Waals surface area contributed by atoms with Gasteiger partial charge in [0.25, 0.3) is 6.43 Å². The van der Waals surface area contributed by atoms with E-state index in [9.17, 15) is 36.3 Å². The van der Waals surface area contributed by atoms with Crippen LogP contribution in [0.5, 0.6) is 0 Å². The first-order valence-corrected chi connectivity index (χ1v) is 8.45. The van der Waals surface area contributed by atoms with E-state index in [2.05, 4.69) is 19.2 Å². The van der Waals surface area contributed by atoms with Gasteiger partial charge in [0.2, 0.25) is 0 Å². The number of aromatic nitrogens is 1. The van der Waals surface area contributed by atoms with Gasteiger partial charge < -0.3 is 14.2 Å². The van der Waals surface area contributed by atoms with Gasteiger partial charge in [-0.25, -0.2) is 23.4 Å². The second-order valence-electron chi connectivity index (χ2n) is 4.93. The lowest BCUT2D eigenvalue weighted by atomic mass is 9.94. The van der Waals surface area contributed by atoms with E-state index >= 15 is 0 Å². The number of esters is 3. The molecule has 0 fully saturated rings. The summed E-state index contributed by atoms with van der Waals surface area (Å²) in [5, 5.41) is -1.75. The fourth-order valence-electron chi connectivity index (χ4n) is 2.31. The molecule has 1 unspecified atom stereocenters. The molecule has 1 aromatic heterocycles. The number of halogens is 5. The molecule has 0 spiro atoms. The fraction of sp³-hybridized carbons (Fsp3) is 0.467. The fourth-order valence-corrected chi connectivity index (χ4v) is 3.07. The van der Waals surface area contributed by atoms with E-state index in [1.54, 1.807) is 0 Å². The number of carbonyl (C=O) groups excluding carboxylic acids is 3. The number of nitrogens with zero attached hydrogens (tertiary/aromatic N) is 1. The molecule has 0 radical (unpaired) electrons. The molecular weight excluding hydrogens is 417 g/mol. The van der Waals surface area contributed by atoms with E-state index in [1.807, 2.05) is 0 Å². The molecule has 1 heterocycles. The van der Waals surface area contributed by atoms with Gasteiger partial charge >= 0.3 is 24.1 Å². The van der Waals surface area contributed by atoms with E-state index in [-0.39, 0.29) is 0 Å². The van der Waals surface area contributed by atoms with Gasteiger partial charge in [0.1, 0.15) is 10.9 Å². The molecule has 0 saturated carbocycles. The summed E-state index contributed by atoms with van der Waals surface area (Å²) in [4.78, 5) is 39.1. The highest BCUT2D eigenvalue weighted by atomic mass is 32.2. The van der Waals surface area contributed by atoms with E-state index in [0.29, 0.717) is 11.8 Å². The lowest BCUT2D eigenvalue weighted by Gasteiger charge is -2.23. The van der Waals surface area contributed by atoms with Crippen LogP contribution in [0.1, 0.15) is 49.3 Å². The van der Waals surface area contributed by atoms with Crippen molar-refractivity contribution in [2.24, 2.45) is 0 Å². The number of rotatable bonds is 6. The van der Waals surface area contributed by atoms with Crippen LogP contribution in [0.3, 0.4) is 0 Å². The minimum Gasteiger partial charge on any atom is -0.468 e. The third-order valence-corrected chi connectivity index (χ3v) is 4.33. The minimum atomic E-state index is -5.38. The van der Waals surface area contributed by atoms with Gasteiger partial charge in [-0.2, -0.15) is 13.2 Å². The second kappa shape index (κ2) is 9.17. The summed E-state index contributed by atoms with van der Waals surface area (Å²) in [7, 11) is 2.40. The number of pyridine rings is 1. The quantitative estimate of drug-likeness (QED) is 0.385. The van der Waals surface area contributed by atoms with Crippen molar-refractivity contribution in [2.75, 3.05) is 27.6 Å². The molecule has 7 nitrogen and oxygen atoms in total. The van der Waals surface area contributed by atoms with Crippen molar-refractivity contribution in [2.45, 2.75) is 17.9 Å². The van der Waals surface area contributed by atoms with Gasteiger partial charge in [-0.1, -0.05) is 0 Å². The maximum atomic E-state index is 13.5. The maximum absolute atomic E-state index is 13.5. The highest BCUT2D eigenvalue weighted by Gasteiger charge is 2.45. The summed E-state index contributed by atoms with van der Waals surface area (Å²) in [5.41, 5.74) is -7.10. The number of ether oxygens (including phenoxy) is 3. The first-order valence-electron chi connectivity index (χ1n) is 7.16. The molecule has 1 atom stereocenters. The lowest BCUT2D eigenvalue weighted by molar-refractivity contribution is -0.143. The lowest BCUT2D eigenvalue weighted by Crippen LogP contribution is -2.27. The van der Waals surface area contributed by atoms with Gasteiger partial charge in [0.15, 0.2) is 5.69 Å². The van der Waals surface area contributed by atoms with Crippen molar-refractivity contribution in [3.63, 3.8) is 0 Å². The number of methoxy groups -OCH3 is 3. The molecule has 0 aliphatic rings. The zero-order valence-electron chi connectivity index (χ0n) is 14.8. The number of alkyl halides is 5. The Morgan fingerprint density at radius 3 is 1.82 bits per heavy atom. The summed E-state index contributed by atoms with van der Waals surface area (Å²) >= 11 is 0.549. The smallest absolute Gasteiger partial charge is 0.434 e. The average molecular weight is 431 g/mol. The summed E-state index contributed by atoms with van der Waals surface area (Å²) in [6.07, 6.45) is -7.80. The zero-order valence-corrected chi connectivity index (χ0v) is 15.7. The largest absolute Gasteiger partial charge is 0.468 e. The molecular formula is C15H14F5NO6S. The number of hydrogen-bond acceptors (Lipinski definition) is 8. The Balaban J connectivity index is 4.28. The second-order valence-corrected chi connectivity index (χ2v) is 5.87. The third kappa shape index (κ3) is 4.51. The molecule has 0 amide bonds. The number of carbonyl (C=O) groups is 3. The Hall–Kier alpha value is -2.44. The third-order valence-electron chi connectivity index (χ3n) is 3.43. The number of hydrogen-bond donors (Lipinski definition) is 0. The van der Waals surface area contributed by atoms with Gasteiger partial charge in [-0.3, -0.25) is 4.79 Å². The Morgan fingerprint density at radius 1 is 0.964 bits per heavy atom. The van der Waals surface area contributed by atoms with Gasteiger partial charge in [-0.15, -0.1) is 11.8 Å². The van der Waals surface area contributed by atoms with Crippen molar-refractivity contribution in [3.05, 3.63) is 28.1 Å². The van der Waals surface area contributed by atoms with Gasteiger partial charge in [-0.05, 0) is 6.26 Å². The van der Waals surface area contributed by atoms with Crippen LogP contribution in [0.2, 0.25) is 0 Å². The maximum Gasteiger partial charge on any atom is 0.434 e. The molecule has 1 rings (SSSR count). The SMILES string of the molecule is COC(=O)c1c(C(F)F)nc(C(F)(F)F)c(C(=O)OC)c1C(SC)C(=O)OC. The molecule has 0 saturated heterocycles. The first kappa shape index (κ1) is 23.6. The molecule has 0 bridgehead atoms. The topological polar surface area (TPSA) is 91.8 Å². The van der Waals surface area contributed by atoms with Crippen LogP contribution in [0, 0.1) is 0 Å². The number of thioether (sulfide) groups is 1. The molecule has 156 valence electrons. The summed E-state index contributed by atoms with van der Waals surface area (Å²) in [5.74, 6) is -4.34. The van der Waals surface area contributed by atoms with Crippen LogP contribution in [-0.4, -0.2) is 50.5 Å². The first-order chi connectivity index (χ1) is 13.0. The van der Waals surface area contributed by atoms with E-state index in [4.69, 9.17) is 0 Å². The molecule has 0 aliphatic heterocycles. The predicted molar refractivity (Wildman–Crippen MR) is 85.1 cm³/mol. The van der Waals surface area contributed by atoms with Crippen LogP contribution in [0.25, 0.3) is 0 Å². The van der Waals surface area contributed by atoms with E-state index < -0.39 is 63.8 Å². The van der Waals surface area contributed by atoms with Gasteiger partial charge in [0.05, 0.1) is 32.5 Å². The predicted octanol–water partition coefficient (Wildman–Crippen LogP) is 3.19. The van der Waals surface area contributed by atoms with Crippen molar-refractivity contribution >= 4 is 29.7 Å². The van der Waals surface area contributed by atoms with Crippen LogP contribution in [0.4, 0.5) is 22.0 Å². The summed E-state index contributed by atoms with van der Waals surface area (Å²) in [6.45, 7) is 0. The molecule has 1 aromatic rings. The summed E-state index contributed by atoms with van der Waals surface area (Å²) in [6, 6.07) is 0. The Labute approximate surface area is 159 Å². The molecule has 0 aliphatic carbocycles. The summed E-state index contributed by atoms with van der Waals surface area (Å²) < 4.78 is 80.5. The van der Waals surface area contributed by atoms with Crippen LogP contribution < -0.4 is 0 Å². The van der Waals surface area contributed by atoms with Crippen LogP contribution in [-0.2, 0) is 25.2 Å². The standard InChI is InChI=1S/C15H14F5NO6S/c1-25-12(22)6-5(9(28-4)14(24)27-3)7(13(23)26-2)10(15(18,19)20)21-8(6)11(16)17/h9,11H,1-4H3. The molecule has 28 heavy (non-hydrogen) atoms. The highest BCUT2D eigenvalue weighted by Crippen LogP contribution is 2.42. The Bertz CT molecular complexity index is 783. The van der Waals surface area contributed by atoms with E-state index in [0.717, 1.165) is 21.3 Å². The van der Waals surface area contributed by atoms with Crippen molar-refractivity contribution < 1.29 is 50.5 Å². The average Bonchev–Trinajstić information content (AvgIpc) is 2.64.